The molecule has 372 valence electrons. The SMILES string of the molecule is CCCCCCCCC/C=C\CCCCCCCC(=O)OCCCCCCCCCCCCC(=O)NC(CO)C(O)/C=C/CCCCCCCCCCCCCCCCCCCC. The smallest absolute Gasteiger partial charge is 0.305 e. The molecule has 0 aromatic carbocycles. The third-order valence-corrected chi connectivity index (χ3v) is 13.0. The summed E-state index contributed by atoms with van der Waals surface area (Å²) in [5.41, 5.74) is 0. The standard InChI is InChI=1S/C57H109NO5/c1-3-5-7-9-11-13-15-17-19-21-22-23-24-25-27-29-33-37-41-45-49-55(60)54(53-59)58-56(61)50-46-42-38-34-31-32-36-40-44-48-52-63-57(62)51-47-43-39-35-30-28-26-20-18-16-14-12-10-8-6-4-2/h20,26,45,49,54-55,59-60H,3-19,21-25,27-44,46-48,50-53H2,1-2H3,(H,58,61)/b26-20-,49-45+. The van der Waals surface area contributed by atoms with E-state index in [0.29, 0.717) is 19.4 Å². The molecule has 0 aliphatic heterocycles. The van der Waals surface area contributed by atoms with Gasteiger partial charge in [-0.05, 0) is 57.8 Å². The monoisotopic (exact) mass is 888 g/mol. The minimum atomic E-state index is -0.860. The van der Waals surface area contributed by atoms with Crippen molar-refractivity contribution in [2.24, 2.45) is 0 Å². The van der Waals surface area contributed by atoms with E-state index in [1.807, 2.05) is 6.08 Å². The molecule has 63 heavy (non-hydrogen) atoms. The second-order valence-corrected chi connectivity index (χ2v) is 19.3. The molecule has 0 heterocycles. The van der Waals surface area contributed by atoms with Crippen LogP contribution in [0.1, 0.15) is 303 Å². The Morgan fingerprint density at radius 1 is 0.429 bits per heavy atom. The maximum Gasteiger partial charge on any atom is 0.305 e. The van der Waals surface area contributed by atoms with Crippen molar-refractivity contribution in [3.63, 3.8) is 0 Å². The van der Waals surface area contributed by atoms with Gasteiger partial charge in [0.1, 0.15) is 0 Å². The van der Waals surface area contributed by atoms with Gasteiger partial charge < -0.3 is 20.3 Å². The fourth-order valence-corrected chi connectivity index (χ4v) is 8.63. The zero-order valence-electron chi connectivity index (χ0n) is 42.3. The van der Waals surface area contributed by atoms with Crippen LogP contribution in [0.5, 0.6) is 0 Å². The Hall–Kier alpha value is -1.66. The van der Waals surface area contributed by atoms with Crippen LogP contribution < -0.4 is 5.32 Å². The summed E-state index contributed by atoms with van der Waals surface area (Å²) in [6, 6.07) is -0.645. The Balaban J connectivity index is 3.51. The largest absolute Gasteiger partial charge is 0.466 e. The van der Waals surface area contributed by atoms with Gasteiger partial charge in [0, 0.05) is 12.8 Å². The van der Waals surface area contributed by atoms with Crippen LogP contribution in [0.3, 0.4) is 0 Å². The van der Waals surface area contributed by atoms with Gasteiger partial charge >= 0.3 is 5.97 Å². The molecule has 0 fully saturated rings. The number of amides is 1. The molecule has 0 aromatic heterocycles. The summed E-state index contributed by atoms with van der Waals surface area (Å²) in [5.74, 6) is -0.117. The van der Waals surface area contributed by atoms with Gasteiger partial charge in [-0.15, -0.1) is 0 Å². The van der Waals surface area contributed by atoms with E-state index in [2.05, 4.69) is 31.3 Å². The molecule has 2 unspecified atom stereocenters. The highest BCUT2D eigenvalue weighted by Crippen LogP contribution is 2.16. The molecular formula is C57H109NO5. The molecule has 0 aliphatic carbocycles. The second-order valence-electron chi connectivity index (χ2n) is 19.3. The molecule has 0 spiro atoms. The summed E-state index contributed by atoms with van der Waals surface area (Å²) >= 11 is 0. The Bertz CT molecular complexity index is 982. The number of allylic oxidation sites excluding steroid dienone is 3. The topological polar surface area (TPSA) is 95.9 Å². The molecular weight excluding hydrogens is 779 g/mol. The zero-order chi connectivity index (χ0) is 45.8. The molecule has 1 amide bonds. The molecule has 6 heteroatoms. The van der Waals surface area contributed by atoms with Crippen molar-refractivity contribution in [1.82, 2.24) is 5.32 Å². The first kappa shape index (κ1) is 61.3. The maximum absolute atomic E-state index is 12.5. The minimum Gasteiger partial charge on any atom is -0.466 e. The summed E-state index contributed by atoms with van der Waals surface area (Å²) in [6.07, 6.45) is 63.3. The van der Waals surface area contributed by atoms with Crippen molar-refractivity contribution in [2.75, 3.05) is 13.2 Å². The van der Waals surface area contributed by atoms with E-state index in [0.717, 1.165) is 57.8 Å². The van der Waals surface area contributed by atoms with E-state index in [1.165, 1.54) is 218 Å². The maximum atomic E-state index is 12.5. The first-order valence-corrected chi connectivity index (χ1v) is 28.1. The minimum absolute atomic E-state index is 0.0277. The molecule has 0 rings (SSSR count). The number of aliphatic hydroxyl groups excluding tert-OH is 2. The number of aliphatic hydroxyl groups is 2. The lowest BCUT2D eigenvalue weighted by Gasteiger charge is -2.20. The average Bonchev–Trinajstić information content (AvgIpc) is 3.28. The molecule has 0 saturated carbocycles. The van der Waals surface area contributed by atoms with Crippen LogP contribution in [0, 0.1) is 0 Å². The third kappa shape index (κ3) is 49.6. The Labute approximate surface area is 392 Å². The lowest BCUT2D eigenvalue weighted by molar-refractivity contribution is -0.143. The van der Waals surface area contributed by atoms with Crippen LogP contribution in [0.4, 0.5) is 0 Å². The summed E-state index contributed by atoms with van der Waals surface area (Å²) in [4.78, 5) is 24.5. The Kier molecular flexibility index (Phi) is 51.6. The average molecular weight is 889 g/mol. The Morgan fingerprint density at radius 3 is 1.13 bits per heavy atom. The van der Waals surface area contributed by atoms with E-state index >= 15 is 0 Å². The Morgan fingerprint density at radius 2 is 0.746 bits per heavy atom. The number of ether oxygens (including phenoxy) is 1. The summed E-state index contributed by atoms with van der Waals surface area (Å²) in [5, 5.41) is 23.1. The number of hydrogen-bond donors (Lipinski definition) is 3. The van der Waals surface area contributed by atoms with Crippen LogP contribution in [-0.4, -0.2) is 47.4 Å². The lowest BCUT2D eigenvalue weighted by atomic mass is 10.0. The predicted molar refractivity (Wildman–Crippen MR) is 273 cm³/mol. The van der Waals surface area contributed by atoms with Crippen molar-refractivity contribution in [3.05, 3.63) is 24.3 Å². The highest BCUT2D eigenvalue weighted by atomic mass is 16.5. The van der Waals surface area contributed by atoms with Crippen LogP contribution >= 0.6 is 0 Å². The van der Waals surface area contributed by atoms with Crippen molar-refractivity contribution >= 4 is 11.9 Å². The highest BCUT2D eigenvalue weighted by molar-refractivity contribution is 5.76. The summed E-state index contributed by atoms with van der Waals surface area (Å²) in [7, 11) is 0. The predicted octanol–water partition coefficient (Wildman–Crippen LogP) is 17.1. The number of unbranched alkanes of at least 4 members (excludes halogenated alkanes) is 39. The number of nitrogens with one attached hydrogen (secondary N) is 1. The quantitative estimate of drug-likeness (QED) is 0.0321. The summed E-state index contributed by atoms with van der Waals surface area (Å²) in [6.45, 7) is 4.86. The van der Waals surface area contributed by atoms with Crippen LogP contribution in [0.25, 0.3) is 0 Å². The van der Waals surface area contributed by atoms with Crippen LogP contribution in [-0.2, 0) is 14.3 Å². The summed E-state index contributed by atoms with van der Waals surface area (Å²) < 4.78 is 5.46. The number of carbonyl (C=O) groups excluding carboxylic acids is 2. The zero-order valence-corrected chi connectivity index (χ0v) is 42.3. The molecule has 0 saturated heterocycles. The molecule has 0 radical (unpaired) electrons. The second kappa shape index (κ2) is 53.0. The molecule has 0 bridgehead atoms. The van der Waals surface area contributed by atoms with Gasteiger partial charge in [-0.2, -0.15) is 0 Å². The van der Waals surface area contributed by atoms with Crippen molar-refractivity contribution < 1.29 is 24.5 Å². The van der Waals surface area contributed by atoms with Gasteiger partial charge in [0.2, 0.25) is 5.91 Å². The molecule has 6 nitrogen and oxygen atoms in total. The fourth-order valence-electron chi connectivity index (χ4n) is 8.63. The van der Waals surface area contributed by atoms with E-state index in [-0.39, 0.29) is 18.5 Å². The van der Waals surface area contributed by atoms with E-state index in [9.17, 15) is 19.8 Å². The number of hydrogen-bond acceptors (Lipinski definition) is 5. The van der Waals surface area contributed by atoms with Crippen LogP contribution in [0.15, 0.2) is 24.3 Å². The molecule has 3 N–H and O–H groups in total. The fraction of sp³-hybridized carbons (Fsp3) is 0.895. The van der Waals surface area contributed by atoms with E-state index in [4.69, 9.17) is 4.74 Å². The number of esters is 1. The highest BCUT2D eigenvalue weighted by Gasteiger charge is 2.18. The van der Waals surface area contributed by atoms with E-state index in [1.54, 1.807) is 6.08 Å². The third-order valence-electron chi connectivity index (χ3n) is 13.0. The van der Waals surface area contributed by atoms with Gasteiger partial charge in [0.25, 0.3) is 0 Å². The van der Waals surface area contributed by atoms with Gasteiger partial charge in [-0.25, -0.2) is 0 Å². The van der Waals surface area contributed by atoms with Crippen molar-refractivity contribution in [2.45, 2.75) is 315 Å². The van der Waals surface area contributed by atoms with Crippen molar-refractivity contribution in [3.8, 4) is 0 Å². The van der Waals surface area contributed by atoms with E-state index < -0.39 is 12.1 Å². The first-order valence-electron chi connectivity index (χ1n) is 28.1. The first-order chi connectivity index (χ1) is 31.0. The molecule has 0 aliphatic rings. The normalized spacial score (nSPS) is 12.8. The van der Waals surface area contributed by atoms with Gasteiger partial charge in [-0.3, -0.25) is 9.59 Å². The number of carbonyl (C=O) groups is 2. The van der Waals surface area contributed by atoms with Crippen LogP contribution in [0.2, 0.25) is 0 Å². The number of rotatable bonds is 52. The lowest BCUT2D eigenvalue weighted by Crippen LogP contribution is -2.45. The molecule has 0 aromatic rings. The van der Waals surface area contributed by atoms with Gasteiger partial charge in [0.15, 0.2) is 0 Å². The van der Waals surface area contributed by atoms with Gasteiger partial charge in [-0.1, -0.05) is 256 Å². The van der Waals surface area contributed by atoms with Gasteiger partial charge in [0.05, 0.1) is 25.4 Å². The van der Waals surface area contributed by atoms with Crippen molar-refractivity contribution in [1.29, 1.82) is 0 Å². The molecule has 2 atom stereocenters.